The molecule has 0 spiro atoms. The van der Waals surface area contributed by atoms with Gasteiger partial charge < -0.3 is 9.05 Å². The minimum atomic E-state index is -4.33. The average molecular weight is 305 g/mol. The van der Waals surface area contributed by atoms with Crippen LogP contribution in [0, 0.1) is 0 Å². The SMILES string of the molecule is NP(=O)(OC(=O)c1ccccc1)OC(=O)c1ccccc1. The Hall–Kier alpha value is -2.43. The van der Waals surface area contributed by atoms with Gasteiger partial charge in [0, 0.05) is 0 Å². The number of rotatable bonds is 4. The van der Waals surface area contributed by atoms with Crippen LogP contribution in [-0.2, 0) is 13.6 Å². The first-order valence-corrected chi connectivity index (χ1v) is 7.56. The molecule has 6 nitrogen and oxygen atoms in total. The maximum absolute atomic E-state index is 11.9. The van der Waals surface area contributed by atoms with Gasteiger partial charge in [-0.25, -0.2) is 19.7 Å². The van der Waals surface area contributed by atoms with E-state index in [9.17, 15) is 14.2 Å². The third kappa shape index (κ3) is 4.27. The van der Waals surface area contributed by atoms with E-state index in [1.54, 1.807) is 36.4 Å². The fraction of sp³-hybridized carbons (Fsp3) is 0. The minimum absolute atomic E-state index is 0.152. The van der Waals surface area contributed by atoms with Crippen LogP contribution in [0.4, 0.5) is 0 Å². The molecule has 0 unspecified atom stereocenters. The van der Waals surface area contributed by atoms with Gasteiger partial charge in [-0.1, -0.05) is 36.4 Å². The summed E-state index contributed by atoms with van der Waals surface area (Å²) in [5.41, 5.74) is 5.57. The molecule has 0 saturated carbocycles. The third-order valence-corrected chi connectivity index (χ3v) is 3.28. The first-order valence-electron chi connectivity index (χ1n) is 5.94. The number of nitrogens with two attached hydrogens (primary N) is 1. The number of hydrogen-bond donors (Lipinski definition) is 1. The van der Waals surface area contributed by atoms with Crippen molar-refractivity contribution in [3.05, 3.63) is 71.8 Å². The zero-order valence-electron chi connectivity index (χ0n) is 10.8. The summed E-state index contributed by atoms with van der Waals surface area (Å²) in [7, 11) is -4.33. The number of hydrogen-bond acceptors (Lipinski definition) is 5. The van der Waals surface area contributed by atoms with Crippen molar-refractivity contribution in [1.82, 2.24) is 0 Å². The zero-order valence-corrected chi connectivity index (χ0v) is 11.7. The van der Waals surface area contributed by atoms with Crippen LogP contribution in [0.25, 0.3) is 0 Å². The van der Waals surface area contributed by atoms with Gasteiger partial charge in [0.2, 0.25) is 0 Å². The summed E-state index contributed by atoms with van der Waals surface area (Å²) in [6, 6.07) is 15.7. The molecule has 0 aromatic heterocycles. The fourth-order valence-electron chi connectivity index (χ4n) is 1.50. The standard InChI is InChI=1S/C14H12NO5P/c15-21(18,19-13(16)11-7-3-1-4-8-11)20-14(17)12-9-5-2-6-10-12/h1-10H,(H2,15,18). The van der Waals surface area contributed by atoms with Gasteiger partial charge in [-0.3, -0.25) is 0 Å². The second kappa shape index (κ2) is 6.35. The molecule has 0 heterocycles. The van der Waals surface area contributed by atoms with Crippen LogP contribution in [0.3, 0.4) is 0 Å². The molecule has 0 atom stereocenters. The number of carbonyl (C=O) groups excluding carboxylic acids is 2. The predicted molar refractivity (Wildman–Crippen MR) is 75.5 cm³/mol. The molecule has 21 heavy (non-hydrogen) atoms. The highest BCUT2D eigenvalue weighted by Crippen LogP contribution is 2.40. The van der Waals surface area contributed by atoms with Gasteiger partial charge in [0.15, 0.2) is 0 Å². The molecule has 0 amide bonds. The Bertz CT molecular complexity index is 630. The van der Waals surface area contributed by atoms with Crippen molar-refractivity contribution >= 4 is 19.7 Å². The highest BCUT2D eigenvalue weighted by molar-refractivity contribution is 7.52. The van der Waals surface area contributed by atoms with Gasteiger partial charge in [-0.2, -0.15) is 0 Å². The van der Waals surface area contributed by atoms with Crippen molar-refractivity contribution in [2.75, 3.05) is 0 Å². The third-order valence-electron chi connectivity index (χ3n) is 2.44. The Morgan fingerprint density at radius 2 is 1.10 bits per heavy atom. The zero-order chi connectivity index (χ0) is 15.3. The van der Waals surface area contributed by atoms with Gasteiger partial charge in [-0.05, 0) is 24.3 Å². The van der Waals surface area contributed by atoms with Crippen LogP contribution in [0.15, 0.2) is 60.7 Å². The molecule has 0 radical (unpaired) electrons. The van der Waals surface area contributed by atoms with E-state index in [0.717, 1.165) is 0 Å². The average Bonchev–Trinajstić information content (AvgIpc) is 2.48. The van der Waals surface area contributed by atoms with E-state index in [1.165, 1.54) is 24.3 Å². The van der Waals surface area contributed by atoms with Crippen molar-refractivity contribution in [2.24, 2.45) is 5.50 Å². The molecular formula is C14H12NO5P. The second-order valence-corrected chi connectivity index (χ2v) is 5.47. The lowest BCUT2D eigenvalue weighted by Gasteiger charge is -2.12. The minimum Gasteiger partial charge on any atom is -0.367 e. The quantitative estimate of drug-likeness (QED) is 0.873. The maximum Gasteiger partial charge on any atom is 0.515 e. The first kappa shape index (κ1) is 15.0. The van der Waals surface area contributed by atoms with Crippen LogP contribution in [0.5, 0.6) is 0 Å². The molecular weight excluding hydrogens is 293 g/mol. The summed E-state index contributed by atoms with van der Waals surface area (Å²) < 4.78 is 21.0. The molecule has 2 aromatic rings. The van der Waals surface area contributed by atoms with E-state index in [1.807, 2.05) is 0 Å². The van der Waals surface area contributed by atoms with Crippen LogP contribution in [0.1, 0.15) is 20.7 Å². The summed E-state index contributed by atoms with van der Waals surface area (Å²) in [5, 5.41) is 0. The van der Waals surface area contributed by atoms with E-state index in [0.29, 0.717) is 0 Å². The normalized spacial score (nSPS) is 10.7. The van der Waals surface area contributed by atoms with E-state index >= 15 is 0 Å². The summed E-state index contributed by atoms with van der Waals surface area (Å²) in [6.45, 7) is 0. The van der Waals surface area contributed by atoms with Crippen LogP contribution in [-0.4, -0.2) is 11.9 Å². The van der Waals surface area contributed by atoms with Gasteiger partial charge in [0.1, 0.15) is 0 Å². The Morgan fingerprint density at radius 1 is 0.762 bits per heavy atom. The van der Waals surface area contributed by atoms with Crippen LogP contribution >= 0.6 is 7.75 Å². The van der Waals surface area contributed by atoms with Gasteiger partial charge in [0.05, 0.1) is 11.1 Å². The largest absolute Gasteiger partial charge is 0.515 e. The molecule has 7 heteroatoms. The molecule has 0 fully saturated rings. The van der Waals surface area contributed by atoms with Crippen LogP contribution in [0.2, 0.25) is 0 Å². The van der Waals surface area contributed by atoms with Crippen LogP contribution < -0.4 is 5.50 Å². The molecule has 0 aliphatic carbocycles. The van der Waals surface area contributed by atoms with Gasteiger partial charge in [-0.15, -0.1) is 0 Å². The van der Waals surface area contributed by atoms with Gasteiger partial charge >= 0.3 is 19.7 Å². The number of carbonyl (C=O) groups is 2. The Kier molecular flexibility index (Phi) is 4.52. The Labute approximate surface area is 121 Å². The summed E-state index contributed by atoms with van der Waals surface area (Å²) in [4.78, 5) is 23.4. The van der Waals surface area contributed by atoms with Gasteiger partial charge in [0.25, 0.3) is 0 Å². The lowest BCUT2D eigenvalue weighted by Crippen LogP contribution is -2.14. The van der Waals surface area contributed by atoms with Crippen molar-refractivity contribution in [2.45, 2.75) is 0 Å². The summed E-state index contributed by atoms with van der Waals surface area (Å²) in [5.74, 6) is -1.86. The Balaban J connectivity index is 2.04. The molecule has 108 valence electrons. The van der Waals surface area contributed by atoms with Crippen molar-refractivity contribution in [3.63, 3.8) is 0 Å². The predicted octanol–water partition coefficient (Wildman–Crippen LogP) is 2.77. The highest BCUT2D eigenvalue weighted by atomic mass is 31.2. The van der Waals surface area contributed by atoms with Crippen molar-refractivity contribution in [3.8, 4) is 0 Å². The molecule has 2 rings (SSSR count). The molecule has 2 aromatic carbocycles. The monoisotopic (exact) mass is 305 g/mol. The van der Waals surface area contributed by atoms with Crippen molar-refractivity contribution in [1.29, 1.82) is 0 Å². The lowest BCUT2D eigenvalue weighted by molar-refractivity contribution is 0.0630. The molecule has 0 aliphatic rings. The second-order valence-electron chi connectivity index (χ2n) is 4.03. The summed E-state index contributed by atoms with van der Waals surface area (Å²) in [6.07, 6.45) is 0. The molecule has 2 N–H and O–H groups in total. The first-order chi connectivity index (χ1) is 9.98. The highest BCUT2D eigenvalue weighted by Gasteiger charge is 2.29. The molecule has 0 saturated heterocycles. The van der Waals surface area contributed by atoms with Crippen molar-refractivity contribution < 1.29 is 23.2 Å². The Morgan fingerprint density at radius 3 is 1.43 bits per heavy atom. The van der Waals surface area contributed by atoms with E-state index in [-0.39, 0.29) is 11.1 Å². The number of benzene rings is 2. The topological polar surface area (TPSA) is 95.7 Å². The lowest BCUT2D eigenvalue weighted by atomic mass is 10.2. The fourth-order valence-corrected chi connectivity index (χ4v) is 2.21. The smallest absolute Gasteiger partial charge is 0.367 e. The maximum atomic E-state index is 11.9. The van der Waals surface area contributed by atoms with E-state index in [4.69, 9.17) is 5.50 Å². The molecule has 0 bridgehead atoms. The summed E-state index contributed by atoms with van der Waals surface area (Å²) >= 11 is 0. The van der Waals surface area contributed by atoms with E-state index in [2.05, 4.69) is 9.05 Å². The molecule has 0 aliphatic heterocycles. The van der Waals surface area contributed by atoms with E-state index < -0.39 is 19.7 Å².